The van der Waals surface area contributed by atoms with Gasteiger partial charge in [-0.15, -0.1) is 0 Å². The van der Waals surface area contributed by atoms with Gasteiger partial charge in [0.05, 0.1) is 18.1 Å². The van der Waals surface area contributed by atoms with Crippen LogP contribution in [0, 0.1) is 0 Å². The fourth-order valence-electron chi connectivity index (χ4n) is 4.79. The van der Waals surface area contributed by atoms with Crippen molar-refractivity contribution < 1.29 is 4.79 Å². The van der Waals surface area contributed by atoms with Crippen molar-refractivity contribution >= 4 is 17.2 Å². The number of carbonyl (C=O) groups is 1. The maximum atomic E-state index is 12.7. The second-order valence-corrected chi connectivity index (χ2v) is 9.14. The van der Waals surface area contributed by atoms with E-state index in [1.165, 1.54) is 0 Å². The Hall–Kier alpha value is -4.46. The van der Waals surface area contributed by atoms with Gasteiger partial charge in [0.2, 0.25) is 5.91 Å². The van der Waals surface area contributed by atoms with Crippen LogP contribution in [0.15, 0.2) is 85.6 Å². The number of aryl methyl sites for hydroxylation is 1. The number of anilines is 1. The number of aromatic nitrogens is 5. The van der Waals surface area contributed by atoms with Crippen LogP contribution in [0.1, 0.15) is 5.56 Å². The zero-order chi connectivity index (χ0) is 24.5. The molecule has 5 aromatic rings. The minimum absolute atomic E-state index is 0.183. The molecule has 4 aromatic heterocycles. The Bertz CT molecular complexity index is 1500. The Labute approximate surface area is 209 Å². The van der Waals surface area contributed by atoms with E-state index in [9.17, 15) is 4.79 Å². The molecule has 6 rings (SSSR count). The van der Waals surface area contributed by atoms with Crippen LogP contribution in [-0.2, 0) is 18.3 Å². The highest BCUT2D eigenvalue weighted by Crippen LogP contribution is 2.30. The number of pyridine rings is 2. The van der Waals surface area contributed by atoms with E-state index >= 15 is 0 Å². The summed E-state index contributed by atoms with van der Waals surface area (Å²) in [7, 11) is 1.92. The van der Waals surface area contributed by atoms with Crippen molar-refractivity contribution in [3.05, 3.63) is 91.1 Å². The molecule has 0 radical (unpaired) electrons. The lowest BCUT2D eigenvalue weighted by molar-refractivity contribution is -0.130. The first-order chi connectivity index (χ1) is 17.6. The van der Waals surface area contributed by atoms with Crippen LogP contribution in [0.4, 0.5) is 5.82 Å². The smallest absolute Gasteiger partial charge is 0.227 e. The fraction of sp³-hybridized carbons (Fsp3) is 0.214. The SMILES string of the molecule is Cn1cc(-c2cc(-c3ccc(N4CCN(C(=O)Cc5ccccc5)CC4)nc3)c3ccnn3c2)cn1. The molecule has 0 spiro atoms. The van der Waals surface area contributed by atoms with E-state index < -0.39 is 0 Å². The minimum Gasteiger partial charge on any atom is -0.353 e. The maximum Gasteiger partial charge on any atom is 0.227 e. The highest BCUT2D eigenvalue weighted by Gasteiger charge is 2.22. The van der Waals surface area contributed by atoms with Gasteiger partial charge in [0.25, 0.3) is 0 Å². The normalized spacial score (nSPS) is 13.9. The molecule has 8 nitrogen and oxygen atoms in total. The minimum atomic E-state index is 0.183. The van der Waals surface area contributed by atoms with Crippen LogP contribution in [-0.4, -0.2) is 61.4 Å². The molecule has 8 heteroatoms. The van der Waals surface area contributed by atoms with Gasteiger partial charge < -0.3 is 9.80 Å². The lowest BCUT2D eigenvalue weighted by Gasteiger charge is -2.35. The monoisotopic (exact) mass is 477 g/mol. The molecule has 0 atom stereocenters. The standard InChI is InChI=1S/C28H27N7O/c1-32-19-24(18-31-32)23-16-25(26-9-10-30-35(26)20-23)22-7-8-27(29-17-22)33-11-13-34(14-12-33)28(36)15-21-5-3-2-4-6-21/h2-10,16-20H,11-15H2,1H3. The third-order valence-electron chi connectivity index (χ3n) is 6.76. The predicted octanol–water partition coefficient (Wildman–Crippen LogP) is 3.69. The zero-order valence-corrected chi connectivity index (χ0v) is 20.2. The second kappa shape index (κ2) is 9.30. The summed E-state index contributed by atoms with van der Waals surface area (Å²) in [5, 5.41) is 8.77. The van der Waals surface area contributed by atoms with Crippen LogP contribution in [0.25, 0.3) is 27.8 Å². The van der Waals surface area contributed by atoms with Crippen molar-refractivity contribution in [2.75, 3.05) is 31.1 Å². The topological polar surface area (TPSA) is 71.6 Å². The first-order valence-electron chi connectivity index (χ1n) is 12.1. The molecule has 180 valence electrons. The summed E-state index contributed by atoms with van der Waals surface area (Å²) in [4.78, 5) is 21.7. The van der Waals surface area contributed by atoms with Gasteiger partial charge in [0, 0.05) is 80.3 Å². The number of nitrogens with zero attached hydrogens (tertiary/aromatic N) is 7. The molecular weight excluding hydrogens is 450 g/mol. The first-order valence-corrected chi connectivity index (χ1v) is 12.1. The Balaban J connectivity index is 1.17. The average Bonchev–Trinajstić information content (AvgIpc) is 3.58. The van der Waals surface area contributed by atoms with Gasteiger partial charge in [-0.3, -0.25) is 9.48 Å². The lowest BCUT2D eigenvalue weighted by Crippen LogP contribution is -2.49. The number of fused-ring (bicyclic) bond motifs is 1. The zero-order valence-electron chi connectivity index (χ0n) is 20.2. The molecule has 1 aliphatic rings. The van der Waals surface area contributed by atoms with E-state index in [1.54, 1.807) is 4.68 Å². The number of piperazine rings is 1. The number of hydrogen-bond donors (Lipinski definition) is 0. The van der Waals surface area contributed by atoms with Crippen molar-refractivity contribution in [2.24, 2.45) is 7.05 Å². The van der Waals surface area contributed by atoms with Crippen molar-refractivity contribution in [2.45, 2.75) is 6.42 Å². The van der Waals surface area contributed by atoms with E-state index in [1.807, 2.05) is 83.8 Å². The third kappa shape index (κ3) is 4.33. The van der Waals surface area contributed by atoms with E-state index in [4.69, 9.17) is 4.98 Å². The Morgan fingerprint density at radius 1 is 0.861 bits per heavy atom. The summed E-state index contributed by atoms with van der Waals surface area (Å²) in [6.07, 6.45) is 10.1. The summed E-state index contributed by atoms with van der Waals surface area (Å²) in [6.45, 7) is 2.96. The summed E-state index contributed by atoms with van der Waals surface area (Å²) < 4.78 is 3.70. The molecule has 1 aromatic carbocycles. The molecule has 5 heterocycles. The van der Waals surface area contributed by atoms with Crippen LogP contribution >= 0.6 is 0 Å². The summed E-state index contributed by atoms with van der Waals surface area (Å²) in [5.41, 5.74) is 6.29. The molecule has 1 fully saturated rings. The fourth-order valence-corrected chi connectivity index (χ4v) is 4.79. The Kier molecular flexibility index (Phi) is 5.69. The quantitative estimate of drug-likeness (QED) is 0.386. The molecular formula is C28H27N7O. The number of rotatable bonds is 5. The predicted molar refractivity (Wildman–Crippen MR) is 140 cm³/mol. The van der Waals surface area contributed by atoms with Crippen molar-refractivity contribution in [1.29, 1.82) is 0 Å². The van der Waals surface area contributed by atoms with E-state index in [2.05, 4.69) is 33.3 Å². The molecule has 1 aliphatic heterocycles. The molecule has 0 aliphatic carbocycles. The molecule has 1 saturated heterocycles. The highest BCUT2D eigenvalue weighted by atomic mass is 16.2. The van der Waals surface area contributed by atoms with E-state index in [-0.39, 0.29) is 5.91 Å². The van der Waals surface area contributed by atoms with Crippen molar-refractivity contribution in [1.82, 2.24) is 29.3 Å². The van der Waals surface area contributed by atoms with E-state index in [0.717, 1.165) is 52.2 Å². The highest BCUT2D eigenvalue weighted by molar-refractivity contribution is 5.84. The Morgan fingerprint density at radius 3 is 2.42 bits per heavy atom. The summed E-state index contributed by atoms with van der Waals surface area (Å²) in [6, 6.07) is 18.3. The maximum absolute atomic E-state index is 12.7. The molecule has 0 unspecified atom stereocenters. The summed E-state index contributed by atoms with van der Waals surface area (Å²) in [5.74, 6) is 1.12. The van der Waals surface area contributed by atoms with Gasteiger partial charge in [-0.1, -0.05) is 30.3 Å². The lowest BCUT2D eigenvalue weighted by atomic mass is 10.0. The number of benzene rings is 1. The third-order valence-corrected chi connectivity index (χ3v) is 6.76. The first kappa shape index (κ1) is 22.0. The van der Waals surface area contributed by atoms with Crippen LogP contribution in [0.5, 0.6) is 0 Å². The van der Waals surface area contributed by atoms with Gasteiger partial charge in [-0.05, 0) is 29.8 Å². The Morgan fingerprint density at radius 2 is 1.69 bits per heavy atom. The van der Waals surface area contributed by atoms with Crippen LogP contribution < -0.4 is 4.90 Å². The molecule has 0 bridgehead atoms. The van der Waals surface area contributed by atoms with Gasteiger partial charge in [-0.25, -0.2) is 9.50 Å². The van der Waals surface area contributed by atoms with Gasteiger partial charge >= 0.3 is 0 Å². The average molecular weight is 478 g/mol. The van der Waals surface area contributed by atoms with Crippen molar-refractivity contribution in [3.8, 4) is 22.3 Å². The van der Waals surface area contributed by atoms with Crippen LogP contribution in [0.3, 0.4) is 0 Å². The van der Waals surface area contributed by atoms with E-state index in [0.29, 0.717) is 19.5 Å². The van der Waals surface area contributed by atoms with Gasteiger partial charge in [-0.2, -0.15) is 10.2 Å². The van der Waals surface area contributed by atoms with Gasteiger partial charge in [0.15, 0.2) is 0 Å². The summed E-state index contributed by atoms with van der Waals surface area (Å²) >= 11 is 0. The van der Waals surface area contributed by atoms with Gasteiger partial charge in [0.1, 0.15) is 5.82 Å². The molecule has 1 amide bonds. The molecule has 36 heavy (non-hydrogen) atoms. The number of hydrogen-bond acceptors (Lipinski definition) is 5. The molecule has 0 saturated carbocycles. The number of carbonyl (C=O) groups excluding carboxylic acids is 1. The van der Waals surface area contributed by atoms with Crippen molar-refractivity contribution in [3.63, 3.8) is 0 Å². The second-order valence-electron chi connectivity index (χ2n) is 9.14. The number of amides is 1. The largest absolute Gasteiger partial charge is 0.353 e. The molecule has 0 N–H and O–H groups in total. The van der Waals surface area contributed by atoms with Crippen LogP contribution in [0.2, 0.25) is 0 Å².